The Labute approximate surface area is 124 Å². The Kier molecular flexibility index (Phi) is 4.41. The van der Waals surface area contributed by atoms with Gasteiger partial charge in [-0.15, -0.1) is 0 Å². The molecule has 1 aromatic rings. The summed E-state index contributed by atoms with van der Waals surface area (Å²) in [6.07, 6.45) is 2.70. The minimum absolute atomic E-state index is 0.765. The quantitative estimate of drug-likeness (QED) is 0.901. The van der Waals surface area contributed by atoms with Crippen LogP contribution >= 0.6 is 15.9 Å². The lowest BCUT2D eigenvalue weighted by Gasteiger charge is -2.41. The number of nitrogens with one attached hydrogen (secondary N) is 1. The maximum atomic E-state index is 3.52. The van der Waals surface area contributed by atoms with Crippen molar-refractivity contribution in [1.29, 1.82) is 0 Å². The van der Waals surface area contributed by atoms with Crippen molar-refractivity contribution in [3.8, 4) is 0 Å². The Morgan fingerprint density at radius 3 is 2.42 bits per heavy atom. The second kappa shape index (κ2) is 6.25. The van der Waals surface area contributed by atoms with Gasteiger partial charge in [-0.3, -0.25) is 4.90 Å². The van der Waals surface area contributed by atoms with Crippen LogP contribution in [0.15, 0.2) is 28.7 Å². The molecule has 19 heavy (non-hydrogen) atoms. The monoisotopic (exact) mass is 323 g/mol. The van der Waals surface area contributed by atoms with Gasteiger partial charge in [0.05, 0.1) is 0 Å². The second-order valence-electron chi connectivity index (χ2n) is 5.50. The van der Waals surface area contributed by atoms with Gasteiger partial charge in [-0.05, 0) is 43.7 Å². The third kappa shape index (κ3) is 3.30. The van der Waals surface area contributed by atoms with Gasteiger partial charge in [0, 0.05) is 48.9 Å². The number of benzene rings is 1. The van der Waals surface area contributed by atoms with Crippen LogP contribution in [0, 0.1) is 0 Å². The lowest BCUT2D eigenvalue weighted by Crippen LogP contribution is -2.54. The summed E-state index contributed by atoms with van der Waals surface area (Å²) in [6.45, 7) is 7.08. The van der Waals surface area contributed by atoms with Gasteiger partial charge in [-0.25, -0.2) is 0 Å². The maximum Gasteiger partial charge on any atom is 0.0367 e. The van der Waals surface area contributed by atoms with E-state index >= 15 is 0 Å². The molecule has 1 atom stereocenters. The molecule has 0 aromatic heterocycles. The van der Waals surface area contributed by atoms with Gasteiger partial charge < -0.3 is 10.2 Å². The van der Waals surface area contributed by atoms with Crippen molar-refractivity contribution in [2.24, 2.45) is 0 Å². The molecule has 3 nitrogen and oxygen atoms in total. The standard InChI is InChI=1S/C15H22BrN3/c16-13-3-5-14(6-4-13)18-8-10-19(11-9-18)15-2-1-7-17-12-15/h3-6,15,17H,1-2,7-12H2. The lowest BCUT2D eigenvalue weighted by atomic mass is 10.0. The molecule has 2 aliphatic rings. The molecule has 1 unspecified atom stereocenters. The van der Waals surface area contributed by atoms with E-state index in [1.54, 1.807) is 0 Å². The third-order valence-corrected chi connectivity index (χ3v) is 4.82. The minimum atomic E-state index is 0.765. The highest BCUT2D eigenvalue weighted by atomic mass is 79.9. The summed E-state index contributed by atoms with van der Waals surface area (Å²) in [5.41, 5.74) is 1.35. The zero-order chi connectivity index (χ0) is 13.1. The molecular weight excluding hydrogens is 302 g/mol. The van der Waals surface area contributed by atoms with E-state index in [1.807, 2.05) is 0 Å². The normalized spacial score (nSPS) is 25.5. The van der Waals surface area contributed by atoms with Gasteiger partial charge in [-0.2, -0.15) is 0 Å². The number of rotatable bonds is 2. The summed E-state index contributed by atoms with van der Waals surface area (Å²) in [7, 11) is 0. The molecule has 0 spiro atoms. The molecule has 4 heteroatoms. The zero-order valence-corrected chi connectivity index (χ0v) is 12.9. The first-order chi connectivity index (χ1) is 9.33. The highest BCUT2D eigenvalue weighted by molar-refractivity contribution is 9.10. The Morgan fingerprint density at radius 1 is 1.05 bits per heavy atom. The molecule has 0 amide bonds. The topological polar surface area (TPSA) is 18.5 Å². The fraction of sp³-hybridized carbons (Fsp3) is 0.600. The number of halogens is 1. The predicted octanol–water partition coefficient (Wildman–Crippen LogP) is 2.32. The first kappa shape index (κ1) is 13.4. The van der Waals surface area contributed by atoms with Gasteiger partial charge in [0.1, 0.15) is 0 Å². The van der Waals surface area contributed by atoms with Gasteiger partial charge in [0.2, 0.25) is 0 Å². The van der Waals surface area contributed by atoms with E-state index in [1.165, 1.54) is 44.7 Å². The van der Waals surface area contributed by atoms with Crippen LogP contribution in [0.2, 0.25) is 0 Å². The fourth-order valence-corrected chi connectivity index (χ4v) is 3.41. The Balaban J connectivity index is 1.55. The van der Waals surface area contributed by atoms with E-state index in [9.17, 15) is 0 Å². The number of hydrogen-bond donors (Lipinski definition) is 1. The van der Waals surface area contributed by atoms with Gasteiger partial charge in [0.25, 0.3) is 0 Å². The molecule has 2 saturated heterocycles. The van der Waals surface area contributed by atoms with Crippen molar-refractivity contribution in [2.45, 2.75) is 18.9 Å². The van der Waals surface area contributed by atoms with Crippen LogP contribution in [0.4, 0.5) is 5.69 Å². The van der Waals surface area contributed by atoms with E-state index in [0.29, 0.717) is 0 Å². The van der Waals surface area contributed by atoms with Gasteiger partial charge in [0.15, 0.2) is 0 Å². The summed E-state index contributed by atoms with van der Waals surface area (Å²) < 4.78 is 1.16. The van der Waals surface area contributed by atoms with E-state index in [-0.39, 0.29) is 0 Å². The summed E-state index contributed by atoms with van der Waals surface area (Å²) >= 11 is 3.50. The van der Waals surface area contributed by atoms with Gasteiger partial charge in [-0.1, -0.05) is 15.9 Å². The second-order valence-corrected chi connectivity index (χ2v) is 6.42. The van der Waals surface area contributed by atoms with Crippen LogP contribution in [0.5, 0.6) is 0 Å². The highest BCUT2D eigenvalue weighted by Gasteiger charge is 2.24. The molecule has 0 bridgehead atoms. The predicted molar refractivity (Wildman–Crippen MR) is 83.8 cm³/mol. The molecule has 2 heterocycles. The number of nitrogens with zero attached hydrogens (tertiary/aromatic N) is 2. The van der Waals surface area contributed by atoms with E-state index < -0.39 is 0 Å². The molecule has 0 saturated carbocycles. The van der Waals surface area contributed by atoms with Crippen LogP contribution in [-0.4, -0.2) is 50.2 Å². The fourth-order valence-electron chi connectivity index (χ4n) is 3.14. The van der Waals surface area contributed by atoms with Crippen molar-refractivity contribution < 1.29 is 0 Å². The Hall–Kier alpha value is -0.580. The molecule has 1 N–H and O–H groups in total. The molecule has 0 radical (unpaired) electrons. The average molecular weight is 324 g/mol. The summed E-state index contributed by atoms with van der Waals surface area (Å²) in [5, 5.41) is 3.52. The zero-order valence-electron chi connectivity index (χ0n) is 11.3. The van der Waals surface area contributed by atoms with Crippen LogP contribution < -0.4 is 10.2 Å². The summed E-state index contributed by atoms with van der Waals surface area (Å²) in [5.74, 6) is 0. The molecule has 2 aliphatic heterocycles. The SMILES string of the molecule is Brc1ccc(N2CCN(C3CCCNC3)CC2)cc1. The number of hydrogen-bond acceptors (Lipinski definition) is 3. The number of piperazine rings is 1. The average Bonchev–Trinajstić information content (AvgIpc) is 2.49. The van der Waals surface area contributed by atoms with Crippen molar-refractivity contribution in [3.05, 3.63) is 28.7 Å². The van der Waals surface area contributed by atoms with E-state index in [2.05, 4.69) is 55.3 Å². The third-order valence-electron chi connectivity index (χ3n) is 4.29. The van der Waals surface area contributed by atoms with Crippen molar-refractivity contribution in [2.75, 3.05) is 44.2 Å². The Morgan fingerprint density at radius 2 is 1.79 bits per heavy atom. The van der Waals surface area contributed by atoms with Crippen LogP contribution in [-0.2, 0) is 0 Å². The molecule has 3 rings (SSSR count). The maximum absolute atomic E-state index is 3.52. The molecular formula is C15H22BrN3. The van der Waals surface area contributed by atoms with Crippen LogP contribution in [0.25, 0.3) is 0 Å². The molecule has 1 aromatic carbocycles. The van der Waals surface area contributed by atoms with E-state index in [4.69, 9.17) is 0 Å². The first-order valence-corrected chi connectivity index (χ1v) is 8.07. The molecule has 2 fully saturated rings. The molecule has 0 aliphatic carbocycles. The van der Waals surface area contributed by atoms with Gasteiger partial charge >= 0.3 is 0 Å². The largest absolute Gasteiger partial charge is 0.369 e. The number of anilines is 1. The summed E-state index contributed by atoms with van der Waals surface area (Å²) in [4.78, 5) is 5.17. The molecule has 104 valence electrons. The van der Waals surface area contributed by atoms with Crippen LogP contribution in [0.3, 0.4) is 0 Å². The summed E-state index contributed by atoms with van der Waals surface area (Å²) in [6, 6.07) is 9.45. The lowest BCUT2D eigenvalue weighted by molar-refractivity contribution is 0.157. The Bertz CT molecular complexity index is 392. The first-order valence-electron chi connectivity index (χ1n) is 7.28. The van der Waals surface area contributed by atoms with Crippen LogP contribution in [0.1, 0.15) is 12.8 Å². The number of piperidine rings is 1. The van der Waals surface area contributed by atoms with E-state index in [0.717, 1.165) is 23.6 Å². The smallest absolute Gasteiger partial charge is 0.0367 e. The van der Waals surface area contributed by atoms with Crippen molar-refractivity contribution >= 4 is 21.6 Å². The highest BCUT2D eigenvalue weighted by Crippen LogP contribution is 2.21. The minimum Gasteiger partial charge on any atom is -0.369 e. The van der Waals surface area contributed by atoms with Crippen molar-refractivity contribution in [3.63, 3.8) is 0 Å². The van der Waals surface area contributed by atoms with Crippen molar-refractivity contribution in [1.82, 2.24) is 10.2 Å².